The number of benzene rings is 1. The van der Waals surface area contributed by atoms with Gasteiger partial charge in [-0.1, -0.05) is 75.7 Å². The van der Waals surface area contributed by atoms with E-state index < -0.39 is 0 Å². The minimum atomic E-state index is 0.0171. The van der Waals surface area contributed by atoms with Crippen LogP contribution in [-0.2, 0) is 6.42 Å². The van der Waals surface area contributed by atoms with E-state index in [9.17, 15) is 10.2 Å². The highest BCUT2D eigenvalue weighted by atomic mass is 16.3. The van der Waals surface area contributed by atoms with Gasteiger partial charge in [0, 0.05) is 11.5 Å². The average molecular weight is 385 g/mol. The Balaban J connectivity index is 1.97. The van der Waals surface area contributed by atoms with Crippen molar-refractivity contribution < 1.29 is 10.2 Å². The van der Waals surface area contributed by atoms with Gasteiger partial charge in [0.05, 0.1) is 0 Å². The van der Waals surface area contributed by atoms with Crippen LogP contribution < -0.4 is 0 Å². The van der Waals surface area contributed by atoms with Crippen LogP contribution in [0.2, 0.25) is 0 Å². The third kappa shape index (κ3) is 6.43. The van der Waals surface area contributed by atoms with Gasteiger partial charge in [-0.15, -0.1) is 0 Å². The molecule has 1 aliphatic rings. The van der Waals surface area contributed by atoms with Crippen LogP contribution in [0, 0.1) is 5.92 Å². The molecule has 0 unspecified atom stereocenters. The third-order valence-corrected chi connectivity index (χ3v) is 6.23. The molecule has 0 saturated heterocycles. The van der Waals surface area contributed by atoms with Gasteiger partial charge in [-0.05, 0) is 63.1 Å². The van der Waals surface area contributed by atoms with E-state index in [-0.39, 0.29) is 23.3 Å². The SMILES string of the molecule is C=C(C)[C@@H]1CCC(C)=C[C@H]1c1c(O)cc(CCCCCCCCCC)cc1O. The number of allylic oxidation sites excluding steroid dienone is 3. The fourth-order valence-corrected chi connectivity index (χ4v) is 4.53. The Bertz CT molecular complexity index is 648. The topological polar surface area (TPSA) is 40.5 Å². The van der Waals surface area contributed by atoms with Crippen LogP contribution in [0.15, 0.2) is 35.9 Å². The molecule has 2 N–H and O–H groups in total. The van der Waals surface area contributed by atoms with Gasteiger partial charge >= 0.3 is 0 Å². The molecule has 156 valence electrons. The van der Waals surface area contributed by atoms with Crippen LogP contribution >= 0.6 is 0 Å². The number of aromatic hydroxyl groups is 2. The number of phenolic OH excluding ortho intramolecular Hbond substituents is 2. The first-order chi connectivity index (χ1) is 13.4. The summed E-state index contributed by atoms with van der Waals surface area (Å²) in [4.78, 5) is 0. The molecule has 28 heavy (non-hydrogen) atoms. The second-order valence-corrected chi connectivity index (χ2v) is 8.80. The van der Waals surface area contributed by atoms with E-state index in [0.29, 0.717) is 5.56 Å². The van der Waals surface area contributed by atoms with E-state index in [4.69, 9.17) is 0 Å². The number of rotatable bonds is 11. The summed E-state index contributed by atoms with van der Waals surface area (Å²) in [5.41, 5.74) is 4.15. The molecule has 2 rings (SSSR count). The zero-order chi connectivity index (χ0) is 20.5. The van der Waals surface area contributed by atoms with E-state index in [2.05, 4.69) is 33.4 Å². The van der Waals surface area contributed by atoms with Gasteiger partial charge in [-0.3, -0.25) is 0 Å². The molecule has 1 aliphatic carbocycles. The Morgan fingerprint density at radius 3 is 2.14 bits per heavy atom. The highest BCUT2D eigenvalue weighted by molar-refractivity contribution is 5.51. The minimum absolute atomic E-state index is 0.0171. The first kappa shape index (κ1) is 22.6. The molecular weight excluding hydrogens is 344 g/mol. The Morgan fingerprint density at radius 1 is 1.00 bits per heavy atom. The van der Waals surface area contributed by atoms with Crippen LogP contribution in [0.1, 0.15) is 102 Å². The second kappa shape index (κ2) is 11.3. The standard InChI is InChI=1S/C26H40O2/c1-5-6-7-8-9-10-11-12-13-21-17-24(27)26(25(28)18-21)23-16-20(4)14-15-22(23)19(2)3/h16-18,22-23,27-28H,2,5-15H2,1,3-4H3/t22-,23+/m0/s1. The summed E-state index contributed by atoms with van der Waals surface area (Å²) in [5.74, 6) is 0.760. The molecule has 2 atom stereocenters. The van der Waals surface area contributed by atoms with Crippen molar-refractivity contribution in [1.82, 2.24) is 0 Å². The quantitative estimate of drug-likeness (QED) is 0.302. The smallest absolute Gasteiger partial charge is 0.123 e. The number of phenols is 2. The number of hydrogen-bond donors (Lipinski definition) is 2. The predicted molar refractivity (Wildman–Crippen MR) is 120 cm³/mol. The Morgan fingerprint density at radius 2 is 1.57 bits per heavy atom. The summed E-state index contributed by atoms with van der Waals surface area (Å²) in [5, 5.41) is 21.4. The lowest BCUT2D eigenvalue weighted by Gasteiger charge is -2.31. The first-order valence-electron chi connectivity index (χ1n) is 11.3. The zero-order valence-corrected chi connectivity index (χ0v) is 18.3. The normalized spacial score (nSPS) is 19.5. The molecule has 1 aromatic carbocycles. The van der Waals surface area contributed by atoms with Crippen molar-refractivity contribution in [1.29, 1.82) is 0 Å². The van der Waals surface area contributed by atoms with Gasteiger partial charge < -0.3 is 10.2 Å². The summed E-state index contributed by atoms with van der Waals surface area (Å²) in [6.45, 7) is 10.6. The van der Waals surface area contributed by atoms with Crippen LogP contribution in [0.3, 0.4) is 0 Å². The number of hydrogen-bond acceptors (Lipinski definition) is 2. The molecule has 0 fully saturated rings. The van der Waals surface area contributed by atoms with Crippen LogP contribution in [0.5, 0.6) is 11.5 Å². The van der Waals surface area contributed by atoms with Crippen molar-refractivity contribution in [3.63, 3.8) is 0 Å². The highest BCUT2D eigenvalue weighted by Gasteiger charge is 2.30. The van der Waals surface area contributed by atoms with Crippen molar-refractivity contribution >= 4 is 0 Å². The van der Waals surface area contributed by atoms with Crippen molar-refractivity contribution in [2.24, 2.45) is 5.92 Å². The van der Waals surface area contributed by atoms with Crippen molar-refractivity contribution in [2.75, 3.05) is 0 Å². The molecule has 0 bridgehead atoms. The van der Waals surface area contributed by atoms with E-state index >= 15 is 0 Å². The van der Waals surface area contributed by atoms with Crippen molar-refractivity contribution in [3.8, 4) is 11.5 Å². The Labute approximate surface area is 172 Å². The zero-order valence-electron chi connectivity index (χ0n) is 18.3. The van der Waals surface area contributed by atoms with E-state index in [1.807, 2.05) is 12.1 Å². The van der Waals surface area contributed by atoms with E-state index in [0.717, 1.165) is 36.8 Å². The third-order valence-electron chi connectivity index (χ3n) is 6.23. The van der Waals surface area contributed by atoms with Gasteiger partial charge in [0.15, 0.2) is 0 Å². The maximum atomic E-state index is 10.7. The van der Waals surface area contributed by atoms with Gasteiger partial charge in [0.25, 0.3) is 0 Å². The molecule has 2 nitrogen and oxygen atoms in total. The van der Waals surface area contributed by atoms with Crippen LogP contribution in [0.4, 0.5) is 0 Å². The highest BCUT2D eigenvalue weighted by Crippen LogP contribution is 2.46. The average Bonchev–Trinajstić information content (AvgIpc) is 2.63. The minimum Gasteiger partial charge on any atom is -0.507 e. The maximum absolute atomic E-state index is 10.7. The van der Waals surface area contributed by atoms with E-state index in [1.54, 1.807) is 0 Å². The molecule has 0 saturated carbocycles. The molecule has 2 heteroatoms. The predicted octanol–water partition coefficient (Wildman–Crippen LogP) is 7.80. The Hall–Kier alpha value is -1.70. The van der Waals surface area contributed by atoms with Crippen LogP contribution in [0.25, 0.3) is 0 Å². The van der Waals surface area contributed by atoms with Crippen molar-refractivity contribution in [3.05, 3.63) is 47.1 Å². The van der Waals surface area contributed by atoms with Crippen LogP contribution in [-0.4, -0.2) is 10.2 Å². The lowest BCUT2D eigenvalue weighted by Crippen LogP contribution is -2.17. The lowest BCUT2D eigenvalue weighted by molar-refractivity contribution is 0.406. The molecule has 0 heterocycles. The summed E-state index contributed by atoms with van der Waals surface area (Å²) in [6, 6.07) is 3.73. The summed E-state index contributed by atoms with van der Waals surface area (Å²) < 4.78 is 0. The number of unbranched alkanes of at least 4 members (excludes halogenated alkanes) is 7. The molecule has 0 spiro atoms. The fourth-order valence-electron chi connectivity index (χ4n) is 4.53. The van der Waals surface area contributed by atoms with Gasteiger partial charge in [0.2, 0.25) is 0 Å². The monoisotopic (exact) mass is 384 g/mol. The van der Waals surface area contributed by atoms with E-state index in [1.165, 1.54) is 50.5 Å². The van der Waals surface area contributed by atoms with Gasteiger partial charge in [-0.2, -0.15) is 0 Å². The van der Waals surface area contributed by atoms with Crippen molar-refractivity contribution in [2.45, 2.75) is 97.3 Å². The molecular formula is C26H40O2. The lowest BCUT2D eigenvalue weighted by atomic mass is 9.73. The Kier molecular flexibility index (Phi) is 9.15. The fraction of sp³-hybridized carbons (Fsp3) is 0.615. The summed E-state index contributed by atoms with van der Waals surface area (Å²) >= 11 is 0. The maximum Gasteiger partial charge on any atom is 0.123 e. The molecule has 0 radical (unpaired) electrons. The first-order valence-corrected chi connectivity index (χ1v) is 11.3. The summed E-state index contributed by atoms with van der Waals surface area (Å²) in [7, 11) is 0. The molecule has 0 aromatic heterocycles. The van der Waals surface area contributed by atoms with Gasteiger partial charge in [0.1, 0.15) is 11.5 Å². The molecule has 1 aromatic rings. The van der Waals surface area contributed by atoms with Gasteiger partial charge in [-0.25, -0.2) is 0 Å². The molecule has 0 amide bonds. The second-order valence-electron chi connectivity index (χ2n) is 8.80. The summed E-state index contributed by atoms with van der Waals surface area (Å²) in [6.07, 6.45) is 15.5. The largest absolute Gasteiger partial charge is 0.507 e. The number of aryl methyl sites for hydroxylation is 1. The molecule has 0 aliphatic heterocycles.